The van der Waals surface area contributed by atoms with Gasteiger partial charge in [0, 0.05) is 30.3 Å². The molecule has 1 aromatic heterocycles. The summed E-state index contributed by atoms with van der Waals surface area (Å²) in [7, 11) is 0. The zero-order valence-corrected chi connectivity index (χ0v) is 18.0. The molecule has 0 radical (unpaired) electrons. The van der Waals surface area contributed by atoms with Crippen molar-refractivity contribution in [1.82, 2.24) is 20.0 Å². The molecule has 190 valence electrons. The highest BCUT2D eigenvalue weighted by Gasteiger charge is 2.47. The number of Topliss-reactive ketones (excluding diaryl/α,β-unsaturated/α-hetero) is 1. The number of hydrogen-bond acceptors (Lipinski definition) is 7. The molecule has 1 N–H and O–H groups in total. The van der Waals surface area contributed by atoms with Crippen LogP contribution in [0.5, 0.6) is 0 Å². The number of halogens is 5. The average Bonchev–Trinajstić information content (AvgIpc) is 3.37. The van der Waals surface area contributed by atoms with Crippen molar-refractivity contribution in [3.8, 4) is 6.07 Å². The number of ketones is 1. The van der Waals surface area contributed by atoms with Gasteiger partial charge in [0.1, 0.15) is 12.6 Å². The molecule has 0 bridgehead atoms. The molecule has 0 spiro atoms. The number of alkyl halides is 5. The van der Waals surface area contributed by atoms with Crippen molar-refractivity contribution in [3.63, 3.8) is 0 Å². The van der Waals surface area contributed by atoms with Gasteiger partial charge in [-0.3, -0.25) is 29.2 Å². The summed E-state index contributed by atoms with van der Waals surface area (Å²) in [5.74, 6) is -6.59. The molecule has 2 amide bonds. The van der Waals surface area contributed by atoms with E-state index in [1.807, 2.05) is 5.32 Å². The van der Waals surface area contributed by atoms with E-state index >= 15 is 0 Å². The number of benzene rings is 1. The van der Waals surface area contributed by atoms with Crippen molar-refractivity contribution in [2.45, 2.75) is 31.1 Å². The van der Waals surface area contributed by atoms with Crippen LogP contribution in [-0.4, -0.2) is 62.3 Å². The van der Waals surface area contributed by atoms with Crippen molar-refractivity contribution >= 4 is 23.3 Å². The number of likely N-dealkylation sites (tertiary alicyclic amines) is 1. The second-order valence-electron chi connectivity index (χ2n) is 7.72. The normalized spacial score (nSPS) is 16.9. The lowest BCUT2D eigenvalue weighted by Crippen LogP contribution is -2.43. The van der Waals surface area contributed by atoms with Gasteiger partial charge in [0.2, 0.25) is 5.91 Å². The molecule has 0 saturated carbocycles. The number of nitriles is 1. The number of nitro groups is 1. The van der Waals surface area contributed by atoms with Crippen molar-refractivity contribution in [2.24, 2.45) is 0 Å². The molecule has 0 unspecified atom stereocenters. The quantitative estimate of drug-likeness (QED) is 0.257. The first-order valence-electron chi connectivity index (χ1n) is 9.99. The minimum absolute atomic E-state index is 0.0595. The van der Waals surface area contributed by atoms with Crippen molar-refractivity contribution in [1.29, 1.82) is 5.26 Å². The monoisotopic (exact) mass is 514 g/mol. The van der Waals surface area contributed by atoms with Gasteiger partial charge in [0.15, 0.2) is 11.5 Å². The van der Waals surface area contributed by atoms with Crippen LogP contribution in [0.1, 0.15) is 32.8 Å². The molecule has 2 aromatic rings. The van der Waals surface area contributed by atoms with Crippen LogP contribution < -0.4 is 5.32 Å². The smallest absolute Gasteiger partial charge is 0.343 e. The Hall–Kier alpha value is -4.42. The third-order valence-electron chi connectivity index (χ3n) is 5.12. The molecule has 11 nitrogen and oxygen atoms in total. The van der Waals surface area contributed by atoms with Gasteiger partial charge in [-0.25, -0.2) is 8.78 Å². The zero-order valence-electron chi connectivity index (χ0n) is 18.0. The fourth-order valence-electron chi connectivity index (χ4n) is 3.43. The number of hydrogen-bond donors (Lipinski definition) is 1. The van der Waals surface area contributed by atoms with Crippen LogP contribution in [0.4, 0.5) is 27.6 Å². The molecule has 1 aromatic carbocycles. The summed E-state index contributed by atoms with van der Waals surface area (Å²) in [5.41, 5.74) is -3.06. The number of nitrogens with one attached hydrogen (secondary N) is 1. The Morgan fingerprint density at radius 1 is 1.25 bits per heavy atom. The lowest BCUT2D eigenvalue weighted by atomic mass is 10.1. The minimum Gasteiger partial charge on any atom is -0.343 e. The summed E-state index contributed by atoms with van der Waals surface area (Å²) in [6, 6.07) is 4.33. The number of non-ortho nitro benzene ring substituents is 1. The fourth-order valence-corrected chi connectivity index (χ4v) is 3.43. The summed E-state index contributed by atoms with van der Waals surface area (Å²) in [5, 5.41) is 24.7. The van der Waals surface area contributed by atoms with E-state index in [4.69, 9.17) is 5.26 Å². The third kappa shape index (κ3) is 5.79. The molecule has 1 atom stereocenters. The van der Waals surface area contributed by atoms with Gasteiger partial charge in [0.05, 0.1) is 29.6 Å². The largest absolute Gasteiger partial charge is 0.435 e. The minimum atomic E-state index is -5.12. The molecule has 16 heteroatoms. The van der Waals surface area contributed by atoms with Crippen molar-refractivity contribution < 1.29 is 41.3 Å². The van der Waals surface area contributed by atoms with Gasteiger partial charge in [-0.15, -0.1) is 0 Å². The zero-order chi connectivity index (χ0) is 26.8. The third-order valence-corrected chi connectivity index (χ3v) is 5.12. The van der Waals surface area contributed by atoms with Crippen LogP contribution in [-0.2, 0) is 17.5 Å². The Bertz CT molecular complexity index is 1250. The molecule has 36 heavy (non-hydrogen) atoms. The predicted octanol–water partition coefficient (Wildman–Crippen LogP) is 2.18. The molecule has 0 aliphatic carbocycles. The second-order valence-corrected chi connectivity index (χ2v) is 7.72. The Morgan fingerprint density at radius 2 is 1.89 bits per heavy atom. The van der Waals surface area contributed by atoms with Gasteiger partial charge in [0.25, 0.3) is 17.5 Å². The molecule has 2 heterocycles. The summed E-state index contributed by atoms with van der Waals surface area (Å²) in [4.78, 5) is 47.4. The molecule has 3 rings (SSSR count). The lowest BCUT2D eigenvalue weighted by Gasteiger charge is -2.19. The molecule has 1 aliphatic rings. The second kappa shape index (κ2) is 9.68. The van der Waals surface area contributed by atoms with E-state index in [1.165, 1.54) is 6.07 Å². The van der Waals surface area contributed by atoms with E-state index in [2.05, 4.69) is 5.10 Å². The van der Waals surface area contributed by atoms with Crippen LogP contribution in [0.3, 0.4) is 0 Å². The van der Waals surface area contributed by atoms with E-state index < -0.39 is 78.0 Å². The number of carbonyl (C=O) groups excluding carboxylic acids is 3. The van der Waals surface area contributed by atoms with Crippen LogP contribution in [0.15, 0.2) is 30.5 Å². The lowest BCUT2D eigenvalue weighted by molar-refractivity contribution is -0.384. The number of nitrogens with zero attached hydrogens (tertiary/aromatic N) is 5. The maximum atomic E-state index is 13.5. The van der Waals surface area contributed by atoms with E-state index in [1.54, 1.807) is 0 Å². The number of aromatic nitrogens is 2. The molecular weight excluding hydrogens is 499 g/mol. The van der Waals surface area contributed by atoms with Crippen LogP contribution in [0.2, 0.25) is 0 Å². The summed E-state index contributed by atoms with van der Waals surface area (Å²) < 4.78 is 67.8. The highest BCUT2D eigenvalue weighted by atomic mass is 19.4. The topological polar surface area (TPSA) is 151 Å². The summed E-state index contributed by atoms with van der Waals surface area (Å²) >= 11 is 0. The Morgan fingerprint density at radius 3 is 2.44 bits per heavy atom. The highest BCUT2D eigenvalue weighted by Crippen LogP contribution is 2.32. The van der Waals surface area contributed by atoms with Gasteiger partial charge >= 0.3 is 6.18 Å². The average molecular weight is 514 g/mol. The van der Waals surface area contributed by atoms with Gasteiger partial charge < -0.3 is 10.2 Å². The number of nitro benzene ring substituents is 1. The summed E-state index contributed by atoms with van der Waals surface area (Å²) in [6.07, 6.45) is -5.41. The van der Waals surface area contributed by atoms with Crippen molar-refractivity contribution in [2.75, 3.05) is 13.1 Å². The number of carbonyl (C=O) groups is 3. The maximum absolute atomic E-state index is 13.5. The predicted molar refractivity (Wildman–Crippen MR) is 108 cm³/mol. The standard InChI is InChI=1S/C20H15F5N6O5/c21-19(22)5-13(6-26)30(10-19)16(33)7-27-18(34)14-8-29(28-17(14)20(23,24)25)9-15(32)11-1-3-12(4-2-11)31(35)36/h1-4,8,13H,5,7,9-10H2,(H,27,34)/t13-/m0/s1. The van der Waals surface area contributed by atoms with E-state index in [0.29, 0.717) is 15.8 Å². The van der Waals surface area contributed by atoms with Crippen LogP contribution in [0.25, 0.3) is 0 Å². The molecular formula is C20H15F5N6O5. The van der Waals surface area contributed by atoms with E-state index in [0.717, 1.165) is 24.3 Å². The Balaban J connectivity index is 1.74. The number of amides is 2. The Labute approximate surface area is 198 Å². The van der Waals surface area contributed by atoms with Gasteiger partial charge in [-0.1, -0.05) is 0 Å². The maximum Gasteiger partial charge on any atom is 0.435 e. The fraction of sp³-hybridized carbons (Fsp3) is 0.350. The SMILES string of the molecule is N#C[C@@H]1CC(F)(F)CN1C(=O)CNC(=O)c1cn(CC(=O)c2ccc([N+](=O)[O-])cc2)nc1C(F)(F)F. The van der Waals surface area contributed by atoms with Crippen molar-refractivity contribution in [3.05, 3.63) is 57.4 Å². The van der Waals surface area contributed by atoms with Crippen LogP contribution >= 0.6 is 0 Å². The first kappa shape index (κ1) is 26.2. The van der Waals surface area contributed by atoms with E-state index in [9.17, 15) is 46.5 Å². The van der Waals surface area contributed by atoms with Gasteiger partial charge in [-0.2, -0.15) is 23.5 Å². The van der Waals surface area contributed by atoms with Crippen LogP contribution in [0, 0.1) is 21.4 Å². The van der Waals surface area contributed by atoms with Gasteiger partial charge in [-0.05, 0) is 12.1 Å². The summed E-state index contributed by atoms with van der Waals surface area (Å²) in [6.45, 7) is -2.78. The molecule has 1 aliphatic heterocycles. The first-order chi connectivity index (χ1) is 16.7. The van der Waals surface area contributed by atoms with E-state index in [-0.39, 0.29) is 11.3 Å². The first-order valence-corrected chi connectivity index (χ1v) is 9.99. The highest BCUT2D eigenvalue weighted by molar-refractivity contribution is 5.98. The molecule has 1 fully saturated rings. The Kier molecular flexibility index (Phi) is 7.04. The number of rotatable bonds is 7. The molecule has 1 saturated heterocycles.